The lowest BCUT2D eigenvalue weighted by Gasteiger charge is -2.24. The first kappa shape index (κ1) is 12.5. The molecule has 0 spiro atoms. The van der Waals surface area contributed by atoms with E-state index in [0.717, 1.165) is 18.9 Å². The minimum atomic E-state index is 0.0887. The molecule has 1 heterocycles. The Hall–Kier alpha value is -0.570. The third-order valence-electron chi connectivity index (χ3n) is 5.52. The van der Waals surface area contributed by atoms with E-state index in [1.54, 1.807) is 0 Å². The van der Waals surface area contributed by atoms with Crippen LogP contribution in [-0.2, 0) is 4.79 Å². The first-order valence-electron chi connectivity index (χ1n) is 7.76. The van der Waals surface area contributed by atoms with Crippen LogP contribution in [0.2, 0.25) is 0 Å². The Morgan fingerprint density at radius 1 is 1.33 bits per heavy atom. The van der Waals surface area contributed by atoms with Crippen molar-refractivity contribution in [2.24, 2.45) is 11.3 Å². The molecule has 0 aromatic heterocycles. The van der Waals surface area contributed by atoms with Crippen LogP contribution in [0, 0.1) is 11.3 Å². The number of fused-ring (bicyclic) bond motifs is 1. The Kier molecular flexibility index (Phi) is 3.35. The predicted octanol–water partition coefficient (Wildman–Crippen LogP) is 2.21. The minimum Gasteiger partial charge on any atom is -0.354 e. The van der Waals surface area contributed by atoms with Gasteiger partial charge in [0.2, 0.25) is 5.91 Å². The maximum atomic E-state index is 12.2. The molecule has 0 aromatic carbocycles. The van der Waals surface area contributed by atoms with E-state index < -0.39 is 0 Å². The number of amides is 1. The summed E-state index contributed by atoms with van der Waals surface area (Å²) in [6, 6.07) is 0.710. The normalized spacial score (nSPS) is 37.1. The van der Waals surface area contributed by atoms with Crippen molar-refractivity contribution < 1.29 is 4.79 Å². The van der Waals surface area contributed by atoms with E-state index in [9.17, 15) is 4.79 Å². The molecule has 3 atom stereocenters. The number of hydrogen-bond acceptors (Lipinski definition) is 2. The summed E-state index contributed by atoms with van der Waals surface area (Å²) in [6.45, 7) is 3.14. The molecule has 1 aliphatic heterocycles. The van der Waals surface area contributed by atoms with Crippen molar-refractivity contribution in [3.8, 4) is 0 Å². The SMILES string of the molecule is CCC1(CNC(=O)C2CC3CCCCC3N2)CC1. The van der Waals surface area contributed by atoms with Crippen molar-refractivity contribution in [1.82, 2.24) is 10.6 Å². The fourth-order valence-corrected chi connectivity index (χ4v) is 3.75. The molecule has 0 radical (unpaired) electrons. The molecule has 3 unspecified atom stereocenters. The van der Waals surface area contributed by atoms with Gasteiger partial charge in [0.25, 0.3) is 0 Å². The van der Waals surface area contributed by atoms with Crippen LogP contribution in [0.15, 0.2) is 0 Å². The summed E-state index contributed by atoms with van der Waals surface area (Å²) in [5.41, 5.74) is 0.459. The lowest BCUT2D eigenvalue weighted by Crippen LogP contribution is -2.44. The van der Waals surface area contributed by atoms with Gasteiger partial charge in [-0.2, -0.15) is 0 Å². The molecule has 3 nitrogen and oxygen atoms in total. The molecule has 0 aromatic rings. The monoisotopic (exact) mass is 250 g/mol. The van der Waals surface area contributed by atoms with Crippen LogP contribution in [0.3, 0.4) is 0 Å². The Morgan fingerprint density at radius 3 is 2.78 bits per heavy atom. The van der Waals surface area contributed by atoms with Crippen molar-refractivity contribution in [3.05, 3.63) is 0 Å². The summed E-state index contributed by atoms with van der Waals surface area (Å²) in [5, 5.41) is 6.74. The molecule has 2 saturated carbocycles. The Labute approximate surface area is 110 Å². The molecule has 1 amide bonds. The first-order chi connectivity index (χ1) is 8.72. The molecular formula is C15H26N2O. The van der Waals surface area contributed by atoms with Gasteiger partial charge in [0.1, 0.15) is 0 Å². The highest BCUT2D eigenvalue weighted by molar-refractivity contribution is 5.82. The van der Waals surface area contributed by atoms with Crippen LogP contribution >= 0.6 is 0 Å². The molecule has 18 heavy (non-hydrogen) atoms. The molecule has 0 bridgehead atoms. The largest absolute Gasteiger partial charge is 0.354 e. The second-order valence-corrected chi connectivity index (χ2v) is 6.68. The van der Waals surface area contributed by atoms with E-state index in [2.05, 4.69) is 17.6 Å². The topological polar surface area (TPSA) is 41.1 Å². The average molecular weight is 250 g/mol. The highest BCUT2D eigenvalue weighted by Crippen LogP contribution is 2.47. The number of carbonyl (C=O) groups excluding carboxylic acids is 1. The Bertz CT molecular complexity index is 310. The lowest BCUT2D eigenvalue weighted by atomic mass is 9.85. The molecule has 1 saturated heterocycles. The van der Waals surface area contributed by atoms with Crippen molar-refractivity contribution in [1.29, 1.82) is 0 Å². The van der Waals surface area contributed by atoms with Gasteiger partial charge >= 0.3 is 0 Å². The van der Waals surface area contributed by atoms with E-state index in [-0.39, 0.29) is 11.9 Å². The molecule has 3 aliphatic rings. The van der Waals surface area contributed by atoms with E-state index in [1.807, 2.05) is 0 Å². The zero-order valence-electron chi connectivity index (χ0n) is 11.5. The zero-order valence-corrected chi connectivity index (χ0v) is 11.5. The van der Waals surface area contributed by atoms with Gasteiger partial charge in [-0.05, 0) is 49.9 Å². The minimum absolute atomic E-state index is 0.0887. The fourth-order valence-electron chi connectivity index (χ4n) is 3.75. The van der Waals surface area contributed by atoms with Gasteiger partial charge in [-0.15, -0.1) is 0 Å². The maximum absolute atomic E-state index is 12.2. The van der Waals surface area contributed by atoms with Crippen molar-refractivity contribution in [3.63, 3.8) is 0 Å². The van der Waals surface area contributed by atoms with Crippen LogP contribution in [-0.4, -0.2) is 24.5 Å². The second-order valence-electron chi connectivity index (χ2n) is 6.68. The van der Waals surface area contributed by atoms with Crippen LogP contribution in [0.5, 0.6) is 0 Å². The van der Waals surface area contributed by atoms with Gasteiger partial charge in [0.05, 0.1) is 6.04 Å². The van der Waals surface area contributed by atoms with E-state index in [1.165, 1.54) is 44.9 Å². The molecule has 102 valence electrons. The van der Waals surface area contributed by atoms with E-state index in [0.29, 0.717) is 11.5 Å². The highest BCUT2D eigenvalue weighted by Gasteiger charge is 2.42. The average Bonchev–Trinajstić information content (AvgIpc) is 3.05. The fraction of sp³-hybridized carbons (Fsp3) is 0.933. The Balaban J connectivity index is 1.48. The van der Waals surface area contributed by atoms with Crippen molar-refractivity contribution in [2.45, 2.75) is 70.4 Å². The second kappa shape index (κ2) is 4.84. The molecule has 2 N–H and O–H groups in total. The number of carbonyl (C=O) groups is 1. The van der Waals surface area contributed by atoms with Crippen LogP contribution in [0.1, 0.15) is 58.3 Å². The van der Waals surface area contributed by atoms with Gasteiger partial charge in [0.15, 0.2) is 0 Å². The number of nitrogens with one attached hydrogen (secondary N) is 2. The molecular weight excluding hydrogens is 224 g/mol. The highest BCUT2D eigenvalue weighted by atomic mass is 16.2. The number of hydrogen-bond donors (Lipinski definition) is 2. The lowest BCUT2D eigenvalue weighted by molar-refractivity contribution is -0.123. The molecule has 3 heteroatoms. The molecule has 3 fully saturated rings. The molecule has 3 rings (SSSR count). The van der Waals surface area contributed by atoms with Gasteiger partial charge in [0, 0.05) is 12.6 Å². The summed E-state index contributed by atoms with van der Waals surface area (Å²) in [7, 11) is 0. The number of rotatable bonds is 4. The predicted molar refractivity (Wildman–Crippen MR) is 72.3 cm³/mol. The zero-order chi connectivity index (χ0) is 12.6. The summed E-state index contributed by atoms with van der Waals surface area (Å²) >= 11 is 0. The van der Waals surface area contributed by atoms with Crippen molar-refractivity contribution in [2.75, 3.05) is 6.54 Å². The van der Waals surface area contributed by atoms with E-state index in [4.69, 9.17) is 0 Å². The van der Waals surface area contributed by atoms with Crippen LogP contribution in [0.4, 0.5) is 0 Å². The van der Waals surface area contributed by atoms with Gasteiger partial charge in [-0.1, -0.05) is 19.8 Å². The standard InChI is InChI=1S/C15H26N2O/c1-2-15(7-8-15)10-16-14(18)13-9-11-5-3-4-6-12(11)17-13/h11-13,17H,2-10H2,1H3,(H,16,18). The quantitative estimate of drug-likeness (QED) is 0.803. The summed E-state index contributed by atoms with van der Waals surface area (Å²) < 4.78 is 0. The summed E-state index contributed by atoms with van der Waals surface area (Å²) in [4.78, 5) is 12.2. The maximum Gasteiger partial charge on any atom is 0.237 e. The first-order valence-corrected chi connectivity index (χ1v) is 7.76. The van der Waals surface area contributed by atoms with Gasteiger partial charge in [-0.25, -0.2) is 0 Å². The third kappa shape index (κ3) is 2.42. The summed E-state index contributed by atoms with van der Waals surface area (Å²) in [6.07, 6.45) is 10.2. The van der Waals surface area contributed by atoms with E-state index >= 15 is 0 Å². The third-order valence-corrected chi connectivity index (χ3v) is 5.52. The van der Waals surface area contributed by atoms with Crippen LogP contribution in [0.25, 0.3) is 0 Å². The van der Waals surface area contributed by atoms with Gasteiger partial charge < -0.3 is 10.6 Å². The smallest absolute Gasteiger partial charge is 0.237 e. The van der Waals surface area contributed by atoms with Crippen molar-refractivity contribution >= 4 is 5.91 Å². The van der Waals surface area contributed by atoms with Crippen LogP contribution < -0.4 is 10.6 Å². The molecule has 2 aliphatic carbocycles. The summed E-state index contributed by atoms with van der Waals surface area (Å²) in [5.74, 6) is 1.01. The van der Waals surface area contributed by atoms with Gasteiger partial charge in [-0.3, -0.25) is 4.79 Å². The Morgan fingerprint density at radius 2 is 2.11 bits per heavy atom.